The Balaban J connectivity index is 1.88. The number of ether oxygens (including phenoxy) is 1. The van der Waals surface area contributed by atoms with Gasteiger partial charge in [-0.1, -0.05) is 25.1 Å². The zero-order chi connectivity index (χ0) is 18.6. The van der Waals surface area contributed by atoms with E-state index in [4.69, 9.17) is 4.74 Å². The number of carbonyl (C=O) groups is 4. The Morgan fingerprint density at radius 1 is 1.24 bits per heavy atom. The van der Waals surface area contributed by atoms with E-state index < -0.39 is 42.5 Å². The van der Waals surface area contributed by atoms with Gasteiger partial charge in [-0.25, -0.2) is 4.79 Å². The Labute approximate surface area is 145 Å². The first-order valence-electron chi connectivity index (χ1n) is 7.90. The molecule has 1 aliphatic heterocycles. The van der Waals surface area contributed by atoms with Gasteiger partial charge in [-0.3, -0.25) is 19.3 Å². The van der Waals surface area contributed by atoms with Crippen LogP contribution in [0.4, 0.5) is 10.5 Å². The summed E-state index contributed by atoms with van der Waals surface area (Å²) in [7, 11) is 1.57. The molecule has 25 heavy (non-hydrogen) atoms. The van der Waals surface area contributed by atoms with Gasteiger partial charge in [0, 0.05) is 12.7 Å². The molecule has 8 heteroatoms. The summed E-state index contributed by atoms with van der Waals surface area (Å²) >= 11 is 0. The lowest BCUT2D eigenvalue weighted by Crippen LogP contribution is -2.43. The summed E-state index contributed by atoms with van der Waals surface area (Å²) in [6.45, 7) is 2.36. The molecule has 1 aromatic rings. The van der Waals surface area contributed by atoms with Crippen LogP contribution >= 0.6 is 0 Å². The maximum absolute atomic E-state index is 12.2. The maximum Gasteiger partial charge on any atom is 0.326 e. The smallest absolute Gasteiger partial charge is 0.326 e. The van der Waals surface area contributed by atoms with Gasteiger partial charge in [0.1, 0.15) is 12.1 Å². The molecule has 8 nitrogen and oxygen atoms in total. The van der Waals surface area contributed by atoms with Crippen molar-refractivity contribution in [1.82, 2.24) is 10.2 Å². The highest BCUT2D eigenvalue weighted by Crippen LogP contribution is 2.20. The fourth-order valence-corrected chi connectivity index (χ4v) is 2.34. The predicted octanol–water partition coefficient (Wildman–Crippen LogP) is 0.913. The van der Waals surface area contributed by atoms with Gasteiger partial charge in [0.2, 0.25) is 0 Å². The number of likely N-dealkylation sites (N-methyl/N-ethyl adjacent to an activating group) is 1. The molecular formula is C17H21N3O5. The van der Waals surface area contributed by atoms with Crippen molar-refractivity contribution in [3.05, 3.63) is 30.3 Å². The summed E-state index contributed by atoms with van der Waals surface area (Å²) in [4.78, 5) is 50.1. The van der Waals surface area contributed by atoms with E-state index in [0.29, 0.717) is 12.1 Å². The van der Waals surface area contributed by atoms with Gasteiger partial charge in [0.05, 0.1) is 0 Å². The largest absolute Gasteiger partial charge is 0.454 e. The molecule has 4 amide bonds. The van der Waals surface area contributed by atoms with Crippen LogP contribution in [0.25, 0.3) is 0 Å². The van der Waals surface area contributed by atoms with Gasteiger partial charge < -0.3 is 15.0 Å². The van der Waals surface area contributed by atoms with Crippen LogP contribution in [0.1, 0.15) is 20.3 Å². The Morgan fingerprint density at radius 2 is 1.88 bits per heavy atom. The molecule has 1 fully saturated rings. The number of amides is 4. The minimum absolute atomic E-state index is 0.406. The molecule has 0 saturated carbocycles. The summed E-state index contributed by atoms with van der Waals surface area (Å²) in [6, 6.07) is 8.25. The number of imide groups is 1. The van der Waals surface area contributed by atoms with Gasteiger partial charge in [-0.05, 0) is 25.5 Å². The van der Waals surface area contributed by atoms with Crippen molar-refractivity contribution in [3.63, 3.8) is 0 Å². The SMILES string of the molecule is CC[C@]1(C)NC(=O)N(CC(=O)OCC(=O)N(C)c2ccccc2)C1=O. The summed E-state index contributed by atoms with van der Waals surface area (Å²) in [5, 5.41) is 2.54. The van der Waals surface area contributed by atoms with Crippen molar-refractivity contribution < 1.29 is 23.9 Å². The normalized spacial score (nSPS) is 19.6. The summed E-state index contributed by atoms with van der Waals surface area (Å²) in [5.74, 6) is -1.72. The quantitative estimate of drug-likeness (QED) is 0.610. The molecule has 1 atom stereocenters. The van der Waals surface area contributed by atoms with Gasteiger partial charge in [-0.2, -0.15) is 0 Å². The van der Waals surface area contributed by atoms with Crippen LogP contribution < -0.4 is 10.2 Å². The second-order valence-electron chi connectivity index (χ2n) is 5.96. The van der Waals surface area contributed by atoms with Crippen molar-refractivity contribution >= 4 is 29.5 Å². The highest BCUT2D eigenvalue weighted by atomic mass is 16.5. The lowest BCUT2D eigenvalue weighted by molar-refractivity contribution is -0.150. The number of rotatable bonds is 6. The number of anilines is 1. The lowest BCUT2D eigenvalue weighted by atomic mass is 9.99. The molecule has 0 bridgehead atoms. The number of para-hydroxylation sites is 1. The number of nitrogens with one attached hydrogen (secondary N) is 1. The first kappa shape index (κ1) is 18.4. The fraction of sp³-hybridized carbons (Fsp3) is 0.412. The monoisotopic (exact) mass is 347 g/mol. The Kier molecular flexibility index (Phi) is 5.41. The summed E-state index contributed by atoms with van der Waals surface area (Å²) in [5.41, 5.74) is -0.350. The first-order valence-corrected chi connectivity index (χ1v) is 7.90. The standard InChI is InChI=1S/C17H21N3O5/c1-4-17(2)15(23)20(16(24)18-17)10-14(22)25-11-13(21)19(3)12-8-6-5-7-9-12/h5-9H,4,10-11H2,1-3H3,(H,18,24)/t17-/m0/s1. The van der Waals surface area contributed by atoms with Gasteiger partial charge in [-0.15, -0.1) is 0 Å². The van der Waals surface area contributed by atoms with Crippen LogP contribution in [0.2, 0.25) is 0 Å². The molecular weight excluding hydrogens is 326 g/mol. The fourth-order valence-electron chi connectivity index (χ4n) is 2.34. The number of urea groups is 1. The van der Waals surface area contributed by atoms with E-state index in [-0.39, 0.29) is 0 Å². The van der Waals surface area contributed by atoms with Crippen molar-refractivity contribution in [2.45, 2.75) is 25.8 Å². The Bertz CT molecular complexity index is 691. The van der Waals surface area contributed by atoms with Crippen molar-refractivity contribution in [2.75, 3.05) is 25.1 Å². The number of esters is 1. The highest BCUT2D eigenvalue weighted by molar-refractivity contribution is 6.08. The predicted molar refractivity (Wildman–Crippen MR) is 89.8 cm³/mol. The minimum atomic E-state index is -1.01. The van der Waals surface area contributed by atoms with Crippen LogP contribution in [0.5, 0.6) is 0 Å². The number of hydrogen-bond donors (Lipinski definition) is 1. The van der Waals surface area contributed by atoms with Crippen molar-refractivity contribution in [2.24, 2.45) is 0 Å². The average molecular weight is 347 g/mol. The molecule has 1 aromatic carbocycles. The number of benzene rings is 1. The average Bonchev–Trinajstić information content (AvgIpc) is 2.83. The molecule has 2 rings (SSSR count). The summed E-state index contributed by atoms with van der Waals surface area (Å²) < 4.78 is 4.90. The number of nitrogens with zero attached hydrogens (tertiary/aromatic N) is 2. The zero-order valence-electron chi connectivity index (χ0n) is 14.4. The topological polar surface area (TPSA) is 96.0 Å². The van der Waals surface area contributed by atoms with Crippen LogP contribution in [-0.4, -0.2) is 54.5 Å². The third-order valence-electron chi connectivity index (χ3n) is 4.21. The molecule has 0 aliphatic carbocycles. The lowest BCUT2D eigenvalue weighted by Gasteiger charge is -2.19. The zero-order valence-corrected chi connectivity index (χ0v) is 14.4. The Hall–Kier alpha value is -2.90. The molecule has 0 aromatic heterocycles. The van der Waals surface area contributed by atoms with Gasteiger partial charge in [0.15, 0.2) is 6.61 Å². The van der Waals surface area contributed by atoms with Crippen LogP contribution in [-0.2, 0) is 19.1 Å². The number of carbonyl (C=O) groups excluding carboxylic acids is 4. The summed E-state index contributed by atoms with van der Waals surface area (Å²) in [6.07, 6.45) is 0.406. The van der Waals surface area contributed by atoms with E-state index in [1.165, 1.54) is 4.90 Å². The second kappa shape index (κ2) is 7.33. The molecule has 134 valence electrons. The van der Waals surface area contributed by atoms with Gasteiger partial charge >= 0.3 is 12.0 Å². The third kappa shape index (κ3) is 3.96. The van der Waals surface area contributed by atoms with E-state index in [9.17, 15) is 19.2 Å². The van der Waals surface area contributed by atoms with Crippen LogP contribution in [0, 0.1) is 0 Å². The molecule has 1 aliphatic rings. The Morgan fingerprint density at radius 3 is 2.44 bits per heavy atom. The molecule has 0 unspecified atom stereocenters. The van der Waals surface area contributed by atoms with Crippen LogP contribution in [0.15, 0.2) is 30.3 Å². The van der Waals surface area contributed by atoms with E-state index in [0.717, 1.165) is 4.90 Å². The first-order chi connectivity index (χ1) is 11.8. The minimum Gasteiger partial charge on any atom is -0.454 e. The van der Waals surface area contributed by atoms with Gasteiger partial charge in [0.25, 0.3) is 11.8 Å². The molecule has 0 spiro atoms. The molecule has 0 radical (unpaired) electrons. The molecule has 1 N–H and O–H groups in total. The third-order valence-corrected chi connectivity index (χ3v) is 4.21. The molecule has 1 heterocycles. The highest BCUT2D eigenvalue weighted by Gasteiger charge is 2.47. The second-order valence-corrected chi connectivity index (χ2v) is 5.96. The van der Waals surface area contributed by atoms with E-state index in [1.807, 2.05) is 6.07 Å². The maximum atomic E-state index is 12.2. The molecule has 1 saturated heterocycles. The van der Waals surface area contributed by atoms with E-state index >= 15 is 0 Å². The van der Waals surface area contributed by atoms with E-state index in [2.05, 4.69) is 5.32 Å². The van der Waals surface area contributed by atoms with Crippen molar-refractivity contribution in [3.8, 4) is 0 Å². The van der Waals surface area contributed by atoms with Crippen molar-refractivity contribution in [1.29, 1.82) is 0 Å². The number of hydrogen-bond acceptors (Lipinski definition) is 5. The van der Waals surface area contributed by atoms with Crippen LogP contribution in [0.3, 0.4) is 0 Å². The van der Waals surface area contributed by atoms with E-state index in [1.54, 1.807) is 45.2 Å².